The quantitative estimate of drug-likeness (QED) is 0.791. The Morgan fingerprint density at radius 1 is 1.45 bits per heavy atom. The molecule has 0 unspecified atom stereocenters. The number of rotatable bonds is 3. The monoisotopic (exact) mass is 295 g/mol. The molecule has 7 nitrogen and oxygen atoms in total. The van der Waals surface area contributed by atoms with Gasteiger partial charge in [0, 0.05) is 32.4 Å². The van der Waals surface area contributed by atoms with Gasteiger partial charge >= 0.3 is 0 Å². The van der Waals surface area contributed by atoms with Crippen LogP contribution in [0.5, 0.6) is 0 Å². The minimum Gasteiger partial charge on any atom is -0.341 e. The minimum absolute atomic E-state index is 0.0143. The predicted molar refractivity (Wildman–Crippen MR) is 74.6 cm³/mol. The number of anilines is 1. The first-order chi connectivity index (χ1) is 9.41. The lowest BCUT2D eigenvalue weighted by Crippen LogP contribution is -2.45. The van der Waals surface area contributed by atoms with Crippen LogP contribution < -0.4 is 4.90 Å². The zero-order chi connectivity index (χ0) is 14.8. The highest BCUT2D eigenvalue weighted by atomic mass is 32.2. The molecule has 0 saturated carbocycles. The Balaban J connectivity index is 2.03. The Bertz CT molecular complexity index is 617. The lowest BCUT2D eigenvalue weighted by Gasteiger charge is -2.35. The Kier molecular flexibility index (Phi) is 4.20. The summed E-state index contributed by atoms with van der Waals surface area (Å²) in [4.78, 5) is 10.3. The fraction of sp³-hybridized carbons (Fsp3) is 0.583. The first-order valence-electron chi connectivity index (χ1n) is 6.33. The molecule has 108 valence electrons. The lowest BCUT2D eigenvalue weighted by atomic mass is 10.1. The second-order valence-corrected chi connectivity index (χ2v) is 6.89. The molecule has 0 aromatic carbocycles. The second-order valence-electron chi connectivity index (χ2n) is 4.85. The summed E-state index contributed by atoms with van der Waals surface area (Å²) in [6.07, 6.45) is 4.24. The number of piperidine rings is 1. The highest BCUT2D eigenvalue weighted by molar-refractivity contribution is 7.88. The first-order valence-corrected chi connectivity index (χ1v) is 8.18. The smallest absolute Gasteiger partial charge is 0.226 e. The van der Waals surface area contributed by atoms with E-state index < -0.39 is 10.0 Å². The highest BCUT2D eigenvalue weighted by Crippen LogP contribution is 2.20. The fourth-order valence-electron chi connectivity index (χ4n) is 2.26. The van der Waals surface area contributed by atoms with Crippen molar-refractivity contribution in [2.75, 3.05) is 31.3 Å². The van der Waals surface area contributed by atoms with Crippen LogP contribution in [0.4, 0.5) is 5.95 Å². The van der Waals surface area contributed by atoms with Crippen molar-refractivity contribution in [2.24, 2.45) is 0 Å². The van der Waals surface area contributed by atoms with Gasteiger partial charge in [-0.3, -0.25) is 0 Å². The molecule has 1 aliphatic rings. The third-order valence-corrected chi connectivity index (χ3v) is 4.89. The van der Waals surface area contributed by atoms with Crippen molar-refractivity contribution in [1.29, 1.82) is 5.26 Å². The molecule has 0 bridgehead atoms. The molecule has 1 saturated heterocycles. The Labute approximate surface area is 118 Å². The van der Waals surface area contributed by atoms with Crippen LogP contribution >= 0.6 is 0 Å². The van der Waals surface area contributed by atoms with Crippen molar-refractivity contribution in [3.8, 4) is 6.07 Å². The number of sulfonamides is 1. The maximum absolute atomic E-state index is 11.5. The van der Waals surface area contributed by atoms with Crippen LogP contribution in [-0.2, 0) is 10.0 Å². The summed E-state index contributed by atoms with van der Waals surface area (Å²) >= 11 is 0. The fourth-order valence-corrected chi connectivity index (χ4v) is 3.02. The number of nitrogens with zero attached hydrogens (tertiary/aromatic N) is 5. The lowest BCUT2D eigenvalue weighted by molar-refractivity contribution is 0.312. The van der Waals surface area contributed by atoms with E-state index in [1.54, 1.807) is 19.3 Å². The van der Waals surface area contributed by atoms with Gasteiger partial charge in [-0.1, -0.05) is 0 Å². The molecule has 0 atom stereocenters. The third-order valence-electron chi connectivity index (χ3n) is 3.54. The van der Waals surface area contributed by atoms with Crippen LogP contribution in [0.15, 0.2) is 12.3 Å². The normalized spacial score (nSPS) is 17.2. The number of nitriles is 1. The van der Waals surface area contributed by atoms with Crippen LogP contribution in [0.1, 0.15) is 18.5 Å². The number of hydrogen-bond donors (Lipinski definition) is 0. The summed E-state index contributed by atoms with van der Waals surface area (Å²) in [5.41, 5.74) is 0.338. The topological polar surface area (TPSA) is 90.2 Å². The standard InChI is InChI=1S/C12H17N5O2S/c1-16(20(2,18)19)11-4-7-17(8-5-11)12-14-6-3-10(9-13)15-12/h3,6,11H,4-5,7-8H2,1-2H3. The van der Waals surface area contributed by atoms with Crippen molar-refractivity contribution in [2.45, 2.75) is 18.9 Å². The van der Waals surface area contributed by atoms with Crippen molar-refractivity contribution >= 4 is 16.0 Å². The van der Waals surface area contributed by atoms with Crippen LogP contribution in [0, 0.1) is 11.3 Å². The average Bonchev–Trinajstić information content (AvgIpc) is 2.46. The van der Waals surface area contributed by atoms with E-state index in [0.29, 0.717) is 24.7 Å². The summed E-state index contributed by atoms with van der Waals surface area (Å²) in [7, 11) is -1.54. The summed E-state index contributed by atoms with van der Waals surface area (Å²) in [6.45, 7) is 1.36. The Hall–Kier alpha value is -1.72. The molecule has 0 amide bonds. The van der Waals surface area contributed by atoms with E-state index in [0.717, 1.165) is 12.8 Å². The van der Waals surface area contributed by atoms with Gasteiger partial charge in [0.25, 0.3) is 0 Å². The van der Waals surface area contributed by atoms with E-state index in [1.165, 1.54) is 10.6 Å². The van der Waals surface area contributed by atoms with E-state index in [2.05, 4.69) is 9.97 Å². The van der Waals surface area contributed by atoms with Gasteiger partial charge in [0.2, 0.25) is 16.0 Å². The van der Waals surface area contributed by atoms with Crippen molar-refractivity contribution < 1.29 is 8.42 Å². The molecular weight excluding hydrogens is 278 g/mol. The first kappa shape index (κ1) is 14.7. The highest BCUT2D eigenvalue weighted by Gasteiger charge is 2.28. The van der Waals surface area contributed by atoms with E-state index in [9.17, 15) is 8.42 Å². The molecule has 2 rings (SSSR count). The zero-order valence-electron chi connectivity index (χ0n) is 11.5. The van der Waals surface area contributed by atoms with E-state index >= 15 is 0 Å². The molecule has 1 fully saturated rings. The molecule has 2 heterocycles. The zero-order valence-corrected chi connectivity index (χ0v) is 12.3. The van der Waals surface area contributed by atoms with Gasteiger partial charge in [-0.25, -0.2) is 22.7 Å². The minimum atomic E-state index is -3.15. The van der Waals surface area contributed by atoms with Crippen molar-refractivity contribution in [3.63, 3.8) is 0 Å². The molecule has 20 heavy (non-hydrogen) atoms. The number of hydrogen-bond acceptors (Lipinski definition) is 6. The largest absolute Gasteiger partial charge is 0.341 e. The van der Waals surface area contributed by atoms with Gasteiger partial charge in [0.05, 0.1) is 6.26 Å². The SMILES string of the molecule is CN(C1CCN(c2nccc(C#N)n2)CC1)S(C)(=O)=O. The summed E-state index contributed by atoms with van der Waals surface area (Å²) < 4.78 is 24.5. The van der Waals surface area contributed by atoms with Crippen molar-refractivity contribution in [3.05, 3.63) is 18.0 Å². The van der Waals surface area contributed by atoms with E-state index in [-0.39, 0.29) is 6.04 Å². The van der Waals surface area contributed by atoms with Gasteiger partial charge in [0.1, 0.15) is 11.8 Å². The van der Waals surface area contributed by atoms with Crippen LogP contribution in [0.3, 0.4) is 0 Å². The molecule has 0 aliphatic carbocycles. The summed E-state index contributed by atoms with van der Waals surface area (Å²) in [5.74, 6) is 0.532. The average molecular weight is 295 g/mol. The Morgan fingerprint density at radius 2 is 2.10 bits per heavy atom. The molecule has 1 aliphatic heterocycles. The van der Waals surface area contributed by atoms with Crippen LogP contribution in [0.25, 0.3) is 0 Å². The van der Waals surface area contributed by atoms with Crippen LogP contribution in [0.2, 0.25) is 0 Å². The van der Waals surface area contributed by atoms with Gasteiger partial charge < -0.3 is 4.90 Å². The molecular formula is C12H17N5O2S. The van der Waals surface area contributed by atoms with E-state index in [4.69, 9.17) is 5.26 Å². The third kappa shape index (κ3) is 3.23. The van der Waals surface area contributed by atoms with Gasteiger partial charge in [-0.15, -0.1) is 0 Å². The molecule has 0 spiro atoms. The Morgan fingerprint density at radius 3 is 2.65 bits per heavy atom. The van der Waals surface area contributed by atoms with Gasteiger partial charge in [-0.2, -0.15) is 5.26 Å². The summed E-state index contributed by atoms with van der Waals surface area (Å²) in [5, 5.41) is 8.83. The molecule has 0 N–H and O–H groups in total. The summed E-state index contributed by atoms with van der Waals surface area (Å²) in [6, 6.07) is 3.57. The van der Waals surface area contributed by atoms with Crippen molar-refractivity contribution in [1.82, 2.24) is 14.3 Å². The van der Waals surface area contributed by atoms with Gasteiger partial charge in [0.15, 0.2) is 0 Å². The molecule has 1 aromatic heterocycles. The number of aromatic nitrogens is 2. The molecule has 0 radical (unpaired) electrons. The predicted octanol–water partition coefficient (Wildman–Crippen LogP) is 0.208. The molecule has 1 aromatic rings. The van der Waals surface area contributed by atoms with Gasteiger partial charge in [-0.05, 0) is 18.9 Å². The maximum Gasteiger partial charge on any atom is 0.226 e. The maximum atomic E-state index is 11.5. The van der Waals surface area contributed by atoms with E-state index in [1.807, 2.05) is 11.0 Å². The van der Waals surface area contributed by atoms with Crippen LogP contribution in [-0.4, -0.2) is 55.1 Å². The second kappa shape index (κ2) is 5.73. The molecule has 8 heteroatoms.